The van der Waals surface area contributed by atoms with Crippen molar-refractivity contribution in [3.63, 3.8) is 0 Å². The molecule has 4 aliphatic carbocycles. The summed E-state index contributed by atoms with van der Waals surface area (Å²) in [6.07, 6.45) is 12.1. The molecule has 20 heavy (non-hydrogen) atoms. The molecule has 0 amide bonds. The third-order valence-electron chi connectivity index (χ3n) is 6.78. The number of hydrogen-bond donors (Lipinski definition) is 2. The molecule has 0 spiro atoms. The molecule has 1 atom stereocenters. The van der Waals surface area contributed by atoms with Crippen LogP contribution in [0.4, 0.5) is 0 Å². The van der Waals surface area contributed by atoms with Gasteiger partial charge in [-0.05, 0) is 68.1 Å². The van der Waals surface area contributed by atoms with E-state index in [9.17, 15) is 0 Å². The minimum atomic E-state index is 0.521. The molecule has 1 aromatic heterocycles. The SMILES string of the molecule is c1nc2c([nH]1)CCNC2CC1C2CC3CC(C2)CC1C3. The highest BCUT2D eigenvalue weighted by molar-refractivity contribution is 5.19. The highest BCUT2D eigenvalue weighted by atomic mass is 15.0. The van der Waals surface area contributed by atoms with Crippen LogP contribution in [0.1, 0.15) is 56.0 Å². The predicted molar refractivity (Wildman–Crippen MR) is 78.2 cm³/mol. The molecule has 1 aromatic rings. The highest BCUT2D eigenvalue weighted by Crippen LogP contribution is 2.58. The van der Waals surface area contributed by atoms with Crippen molar-refractivity contribution in [1.29, 1.82) is 0 Å². The zero-order valence-electron chi connectivity index (χ0n) is 12.1. The van der Waals surface area contributed by atoms with Crippen molar-refractivity contribution in [2.45, 2.75) is 51.0 Å². The Kier molecular flexibility index (Phi) is 2.55. The van der Waals surface area contributed by atoms with Crippen LogP contribution in [0.25, 0.3) is 0 Å². The van der Waals surface area contributed by atoms with Crippen LogP contribution in [0.15, 0.2) is 6.33 Å². The van der Waals surface area contributed by atoms with Gasteiger partial charge in [-0.1, -0.05) is 0 Å². The Balaban J connectivity index is 1.38. The van der Waals surface area contributed by atoms with Crippen molar-refractivity contribution in [3.05, 3.63) is 17.7 Å². The molecule has 0 aromatic carbocycles. The first-order valence-electron chi connectivity index (χ1n) is 8.62. The first-order valence-corrected chi connectivity index (χ1v) is 8.62. The van der Waals surface area contributed by atoms with E-state index in [0.29, 0.717) is 6.04 Å². The van der Waals surface area contributed by atoms with E-state index >= 15 is 0 Å². The monoisotopic (exact) mass is 271 g/mol. The van der Waals surface area contributed by atoms with E-state index in [2.05, 4.69) is 15.3 Å². The van der Waals surface area contributed by atoms with Crippen LogP contribution in [0.5, 0.6) is 0 Å². The van der Waals surface area contributed by atoms with Crippen LogP contribution in [0.3, 0.4) is 0 Å². The Morgan fingerprint density at radius 1 is 1.05 bits per heavy atom. The van der Waals surface area contributed by atoms with Crippen molar-refractivity contribution in [3.8, 4) is 0 Å². The Hall–Kier alpha value is -0.830. The normalized spacial score (nSPS) is 45.6. The second-order valence-corrected chi connectivity index (χ2v) is 7.85. The Labute approximate surface area is 120 Å². The lowest BCUT2D eigenvalue weighted by Gasteiger charge is -2.55. The second-order valence-electron chi connectivity index (χ2n) is 7.85. The van der Waals surface area contributed by atoms with Crippen LogP contribution in [-0.4, -0.2) is 16.5 Å². The number of aromatic amines is 1. The fraction of sp³-hybridized carbons (Fsp3) is 0.824. The van der Waals surface area contributed by atoms with E-state index < -0.39 is 0 Å². The maximum absolute atomic E-state index is 4.60. The average Bonchev–Trinajstić information content (AvgIpc) is 2.91. The van der Waals surface area contributed by atoms with Gasteiger partial charge in [0.05, 0.1) is 18.1 Å². The number of H-pyrrole nitrogens is 1. The molecule has 5 aliphatic rings. The van der Waals surface area contributed by atoms with Gasteiger partial charge in [-0.15, -0.1) is 0 Å². The van der Waals surface area contributed by atoms with E-state index in [0.717, 1.165) is 42.6 Å². The molecule has 108 valence electrons. The summed E-state index contributed by atoms with van der Waals surface area (Å²) in [5.41, 5.74) is 2.71. The predicted octanol–water partition coefficient (Wildman–Crippen LogP) is 3.06. The van der Waals surface area contributed by atoms with Gasteiger partial charge in [0.1, 0.15) is 0 Å². The first-order chi connectivity index (χ1) is 9.87. The first kappa shape index (κ1) is 11.8. The topological polar surface area (TPSA) is 40.7 Å². The third kappa shape index (κ3) is 1.71. The summed E-state index contributed by atoms with van der Waals surface area (Å²) in [6.45, 7) is 1.12. The van der Waals surface area contributed by atoms with Crippen molar-refractivity contribution in [2.75, 3.05) is 6.54 Å². The number of nitrogens with zero attached hydrogens (tertiary/aromatic N) is 1. The standard InChI is InChI=1S/C17H25N3/c1-2-18-16(17-15(1)19-9-20-17)8-14-12-4-10-3-11(6-12)7-13(14)5-10/h9-14,16,18H,1-8H2,(H,19,20). The molecular weight excluding hydrogens is 246 g/mol. The molecule has 4 fully saturated rings. The fourth-order valence-corrected chi connectivity index (χ4v) is 6.19. The second kappa shape index (κ2) is 4.33. The van der Waals surface area contributed by atoms with Crippen molar-refractivity contribution in [2.24, 2.45) is 29.6 Å². The number of hydrogen-bond acceptors (Lipinski definition) is 2. The molecular formula is C17H25N3. The minimum absolute atomic E-state index is 0.521. The van der Waals surface area contributed by atoms with Gasteiger partial charge in [0.2, 0.25) is 0 Å². The Morgan fingerprint density at radius 3 is 2.55 bits per heavy atom. The van der Waals surface area contributed by atoms with E-state index in [4.69, 9.17) is 0 Å². The summed E-state index contributed by atoms with van der Waals surface area (Å²) in [5, 5.41) is 3.74. The van der Waals surface area contributed by atoms with Gasteiger partial charge in [-0.3, -0.25) is 0 Å². The molecule has 0 saturated heterocycles. The smallest absolute Gasteiger partial charge is 0.0925 e. The molecule has 4 bridgehead atoms. The Bertz CT molecular complexity index is 478. The van der Waals surface area contributed by atoms with Crippen LogP contribution < -0.4 is 5.32 Å². The van der Waals surface area contributed by atoms with E-state index in [-0.39, 0.29) is 0 Å². The molecule has 6 rings (SSSR count). The van der Waals surface area contributed by atoms with Gasteiger partial charge >= 0.3 is 0 Å². The van der Waals surface area contributed by atoms with Crippen molar-refractivity contribution in [1.82, 2.24) is 15.3 Å². The molecule has 2 heterocycles. The minimum Gasteiger partial charge on any atom is -0.348 e. The molecule has 0 radical (unpaired) electrons. The van der Waals surface area contributed by atoms with Crippen molar-refractivity contribution < 1.29 is 0 Å². The summed E-state index contributed by atoms with van der Waals surface area (Å²) in [5.74, 6) is 5.24. The number of rotatable bonds is 2. The Morgan fingerprint density at radius 2 is 1.80 bits per heavy atom. The van der Waals surface area contributed by atoms with E-state index in [1.54, 1.807) is 6.42 Å². The fourth-order valence-electron chi connectivity index (χ4n) is 6.19. The average molecular weight is 271 g/mol. The van der Waals surface area contributed by atoms with E-state index in [1.807, 2.05) is 6.33 Å². The number of aromatic nitrogens is 2. The van der Waals surface area contributed by atoms with Crippen LogP contribution in [0.2, 0.25) is 0 Å². The zero-order chi connectivity index (χ0) is 13.1. The number of imidazole rings is 1. The maximum Gasteiger partial charge on any atom is 0.0925 e. The lowest BCUT2D eigenvalue weighted by Crippen LogP contribution is -2.46. The highest BCUT2D eigenvalue weighted by Gasteiger charge is 2.48. The van der Waals surface area contributed by atoms with Crippen LogP contribution in [0, 0.1) is 29.6 Å². The third-order valence-corrected chi connectivity index (χ3v) is 6.78. The van der Waals surface area contributed by atoms with Gasteiger partial charge < -0.3 is 10.3 Å². The largest absolute Gasteiger partial charge is 0.348 e. The zero-order valence-corrected chi connectivity index (χ0v) is 12.1. The van der Waals surface area contributed by atoms with Gasteiger partial charge in [-0.25, -0.2) is 4.98 Å². The number of fused-ring (bicyclic) bond motifs is 1. The quantitative estimate of drug-likeness (QED) is 0.868. The molecule has 1 unspecified atom stereocenters. The van der Waals surface area contributed by atoms with Gasteiger partial charge in [0.15, 0.2) is 0 Å². The summed E-state index contributed by atoms with van der Waals surface area (Å²) >= 11 is 0. The van der Waals surface area contributed by atoms with Crippen molar-refractivity contribution >= 4 is 0 Å². The lowest BCUT2D eigenvalue weighted by atomic mass is 9.51. The van der Waals surface area contributed by atoms with E-state index in [1.165, 1.54) is 43.5 Å². The van der Waals surface area contributed by atoms with Gasteiger partial charge in [0, 0.05) is 18.7 Å². The summed E-state index contributed by atoms with van der Waals surface area (Å²) in [7, 11) is 0. The summed E-state index contributed by atoms with van der Waals surface area (Å²) in [6, 6.07) is 0.521. The summed E-state index contributed by atoms with van der Waals surface area (Å²) < 4.78 is 0. The molecule has 2 N–H and O–H groups in total. The lowest BCUT2D eigenvalue weighted by molar-refractivity contribution is -0.0437. The van der Waals surface area contributed by atoms with Crippen LogP contribution >= 0.6 is 0 Å². The molecule has 3 nitrogen and oxygen atoms in total. The molecule has 1 aliphatic heterocycles. The van der Waals surface area contributed by atoms with Crippen LogP contribution in [-0.2, 0) is 6.42 Å². The maximum atomic E-state index is 4.60. The number of nitrogens with one attached hydrogen (secondary N) is 2. The summed E-state index contributed by atoms with van der Waals surface area (Å²) in [4.78, 5) is 7.94. The molecule has 3 heteroatoms. The molecule has 4 saturated carbocycles. The van der Waals surface area contributed by atoms with Gasteiger partial charge in [-0.2, -0.15) is 0 Å². The van der Waals surface area contributed by atoms with Gasteiger partial charge in [0.25, 0.3) is 0 Å².